The Morgan fingerprint density at radius 1 is 1.00 bits per heavy atom. The molecule has 1 amide bonds. The maximum absolute atomic E-state index is 13.4. The number of rotatable bonds is 8. The smallest absolute Gasteiger partial charge is 0.338 e. The Balaban J connectivity index is 1.70. The Labute approximate surface area is 222 Å². The molecule has 4 rings (SSSR count). The second kappa shape index (κ2) is 10.9. The normalized spacial score (nSPS) is 13.9. The van der Waals surface area contributed by atoms with Crippen molar-refractivity contribution in [2.75, 3.05) is 28.7 Å². The van der Waals surface area contributed by atoms with Gasteiger partial charge in [-0.3, -0.25) is 9.59 Å². The second-order valence-electron chi connectivity index (χ2n) is 9.59. The number of hydrogen-bond acceptors (Lipinski definition) is 7. The van der Waals surface area contributed by atoms with Crippen molar-refractivity contribution in [3.8, 4) is 0 Å². The summed E-state index contributed by atoms with van der Waals surface area (Å²) in [5, 5.41) is 6.59. The fraction of sp³-hybridized carbons (Fsp3) is 0.233. The molecule has 1 aliphatic rings. The first kappa shape index (κ1) is 26.6. The predicted molar refractivity (Wildman–Crippen MR) is 150 cm³/mol. The molecule has 3 aromatic rings. The Bertz CT molecular complexity index is 1400. The zero-order chi connectivity index (χ0) is 27.4. The molecular weight excluding hydrogens is 480 g/mol. The van der Waals surface area contributed by atoms with Gasteiger partial charge in [-0.05, 0) is 63.2 Å². The maximum Gasteiger partial charge on any atom is 0.338 e. The number of esters is 1. The van der Waals surface area contributed by atoms with Gasteiger partial charge in [0.2, 0.25) is 11.7 Å². The largest absolute Gasteiger partial charge is 0.462 e. The van der Waals surface area contributed by atoms with Gasteiger partial charge in [-0.15, -0.1) is 0 Å². The van der Waals surface area contributed by atoms with E-state index < -0.39 is 11.5 Å². The van der Waals surface area contributed by atoms with Crippen molar-refractivity contribution in [1.29, 1.82) is 0 Å². The van der Waals surface area contributed by atoms with Crippen LogP contribution in [-0.4, -0.2) is 36.4 Å². The molecule has 0 saturated heterocycles. The molecule has 8 heteroatoms. The Morgan fingerprint density at radius 3 is 2.29 bits per heavy atom. The number of nitrogens with two attached hydrogens (primary N) is 1. The van der Waals surface area contributed by atoms with Crippen LogP contribution in [0.2, 0.25) is 0 Å². The molecule has 0 unspecified atom stereocenters. The number of hydrogen-bond donors (Lipinski definition) is 3. The van der Waals surface area contributed by atoms with Gasteiger partial charge in [0.25, 0.3) is 0 Å². The average molecular weight is 513 g/mol. The summed E-state index contributed by atoms with van der Waals surface area (Å²) in [5.74, 6) is -0.735. The monoisotopic (exact) mass is 512 g/mol. The van der Waals surface area contributed by atoms with Crippen molar-refractivity contribution >= 4 is 40.4 Å². The molecule has 1 aliphatic heterocycles. The van der Waals surface area contributed by atoms with E-state index in [1.807, 2.05) is 68.4 Å². The Hall–Kier alpha value is -4.43. The average Bonchev–Trinajstić information content (AvgIpc) is 3.23. The highest BCUT2D eigenvalue weighted by Crippen LogP contribution is 2.34. The first-order chi connectivity index (χ1) is 18.2. The van der Waals surface area contributed by atoms with Crippen LogP contribution in [0.1, 0.15) is 54.0 Å². The fourth-order valence-electron chi connectivity index (χ4n) is 4.46. The van der Waals surface area contributed by atoms with Crippen LogP contribution in [0.25, 0.3) is 5.70 Å². The van der Waals surface area contributed by atoms with Gasteiger partial charge in [-0.2, -0.15) is 0 Å². The van der Waals surface area contributed by atoms with Crippen molar-refractivity contribution in [3.63, 3.8) is 0 Å². The summed E-state index contributed by atoms with van der Waals surface area (Å²) in [6.07, 6.45) is 0. The van der Waals surface area contributed by atoms with E-state index in [4.69, 9.17) is 10.5 Å². The van der Waals surface area contributed by atoms with Crippen molar-refractivity contribution in [1.82, 2.24) is 0 Å². The van der Waals surface area contributed by atoms with Crippen LogP contribution in [0.3, 0.4) is 0 Å². The summed E-state index contributed by atoms with van der Waals surface area (Å²) in [6, 6.07) is 21.8. The molecule has 0 aromatic heterocycles. The number of ketones is 1. The lowest BCUT2D eigenvalue weighted by Gasteiger charge is -2.37. The molecule has 38 heavy (non-hydrogen) atoms. The fourth-order valence-corrected chi connectivity index (χ4v) is 4.46. The van der Waals surface area contributed by atoms with E-state index in [9.17, 15) is 14.4 Å². The highest BCUT2D eigenvalue weighted by atomic mass is 16.5. The molecule has 0 spiro atoms. The molecule has 0 saturated carbocycles. The maximum atomic E-state index is 13.4. The number of anilines is 3. The second-order valence-corrected chi connectivity index (χ2v) is 9.59. The molecule has 0 aliphatic carbocycles. The van der Waals surface area contributed by atoms with E-state index in [0.717, 1.165) is 16.9 Å². The molecule has 0 fully saturated rings. The Morgan fingerprint density at radius 2 is 1.68 bits per heavy atom. The van der Waals surface area contributed by atoms with Gasteiger partial charge < -0.3 is 26.0 Å². The van der Waals surface area contributed by atoms with Crippen LogP contribution in [0.15, 0.2) is 78.5 Å². The minimum absolute atomic E-state index is 0.103. The van der Waals surface area contributed by atoms with E-state index in [2.05, 4.69) is 10.6 Å². The number of allylic oxidation sites excluding steroid dienone is 1. The first-order valence-electron chi connectivity index (χ1n) is 12.5. The number of nitrogens with zero attached hydrogens (tertiary/aromatic N) is 1. The predicted octanol–water partition coefficient (Wildman–Crippen LogP) is 5.04. The van der Waals surface area contributed by atoms with Crippen molar-refractivity contribution in [3.05, 3.63) is 95.2 Å². The number of ether oxygens (including phenoxy) is 1. The minimum atomic E-state index is -0.549. The molecule has 196 valence electrons. The number of benzene rings is 3. The SMILES string of the molecule is CCOC(=O)c1ccc2c(c1)NC(=C(Nc1ccc(N(C(C)=O)C(C)(C)CN)cc1)c1ccccc1)C2=O. The topological polar surface area (TPSA) is 114 Å². The molecule has 0 bridgehead atoms. The lowest BCUT2D eigenvalue weighted by atomic mass is 10.0. The summed E-state index contributed by atoms with van der Waals surface area (Å²) >= 11 is 0. The third-order valence-electron chi connectivity index (χ3n) is 6.39. The summed E-state index contributed by atoms with van der Waals surface area (Å²) in [5.41, 5.74) is 9.97. The molecule has 0 radical (unpaired) electrons. The van der Waals surface area contributed by atoms with E-state index in [1.54, 1.807) is 30.0 Å². The van der Waals surface area contributed by atoms with Gasteiger partial charge >= 0.3 is 5.97 Å². The van der Waals surface area contributed by atoms with E-state index in [-0.39, 0.29) is 18.3 Å². The third kappa shape index (κ3) is 5.31. The Kier molecular flexibility index (Phi) is 7.64. The standard InChI is InChI=1S/C30H32N4O4/c1-5-38-29(37)21-11-16-24-25(17-21)33-27(28(24)36)26(20-9-7-6-8-10-20)32-22-12-14-23(15-13-22)34(19(2)35)30(3,4)18-31/h6-17,32-33H,5,18,31H2,1-4H3. The van der Waals surface area contributed by atoms with Gasteiger partial charge in [0.05, 0.1) is 29.1 Å². The number of nitrogens with one attached hydrogen (secondary N) is 2. The molecule has 1 heterocycles. The summed E-state index contributed by atoms with van der Waals surface area (Å²) in [7, 11) is 0. The highest BCUT2D eigenvalue weighted by molar-refractivity contribution is 6.23. The van der Waals surface area contributed by atoms with E-state index in [0.29, 0.717) is 34.8 Å². The summed E-state index contributed by atoms with van der Waals surface area (Å²) < 4.78 is 5.10. The molecular formula is C30H32N4O4. The zero-order valence-corrected chi connectivity index (χ0v) is 22.0. The lowest BCUT2D eigenvalue weighted by molar-refractivity contribution is -0.117. The third-order valence-corrected chi connectivity index (χ3v) is 6.39. The van der Waals surface area contributed by atoms with Crippen molar-refractivity contribution < 1.29 is 19.1 Å². The first-order valence-corrected chi connectivity index (χ1v) is 12.5. The van der Waals surface area contributed by atoms with Crippen LogP contribution < -0.4 is 21.3 Å². The quantitative estimate of drug-likeness (QED) is 0.286. The number of carbonyl (C=O) groups excluding carboxylic acids is 3. The number of Topliss-reactive ketones (excluding diaryl/α,β-unsaturated/α-hetero) is 1. The van der Waals surface area contributed by atoms with Crippen LogP contribution in [0.4, 0.5) is 17.1 Å². The molecule has 3 aromatic carbocycles. The van der Waals surface area contributed by atoms with Gasteiger partial charge in [0.1, 0.15) is 5.70 Å². The van der Waals surface area contributed by atoms with Crippen LogP contribution in [0.5, 0.6) is 0 Å². The van der Waals surface area contributed by atoms with Crippen LogP contribution >= 0.6 is 0 Å². The van der Waals surface area contributed by atoms with Gasteiger partial charge in [0.15, 0.2) is 0 Å². The van der Waals surface area contributed by atoms with E-state index in [1.165, 1.54) is 6.92 Å². The van der Waals surface area contributed by atoms with Crippen LogP contribution in [-0.2, 0) is 9.53 Å². The molecule has 0 atom stereocenters. The summed E-state index contributed by atoms with van der Waals surface area (Å²) in [6.45, 7) is 7.67. The van der Waals surface area contributed by atoms with Gasteiger partial charge in [-0.25, -0.2) is 4.79 Å². The number of amides is 1. The molecule has 8 nitrogen and oxygen atoms in total. The summed E-state index contributed by atoms with van der Waals surface area (Å²) in [4.78, 5) is 39.7. The highest BCUT2D eigenvalue weighted by Gasteiger charge is 2.30. The van der Waals surface area contributed by atoms with E-state index >= 15 is 0 Å². The van der Waals surface area contributed by atoms with Gasteiger partial charge in [0, 0.05) is 36.0 Å². The van der Waals surface area contributed by atoms with Crippen molar-refractivity contribution in [2.45, 2.75) is 33.2 Å². The number of carbonyl (C=O) groups is 3. The minimum Gasteiger partial charge on any atom is -0.462 e. The van der Waals surface area contributed by atoms with Crippen molar-refractivity contribution in [2.24, 2.45) is 5.73 Å². The zero-order valence-electron chi connectivity index (χ0n) is 22.0. The lowest BCUT2D eigenvalue weighted by Crippen LogP contribution is -2.52. The van der Waals surface area contributed by atoms with Crippen LogP contribution in [0, 0.1) is 0 Å². The number of fused-ring (bicyclic) bond motifs is 1. The van der Waals surface area contributed by atoms with Gasteiger partial charge in [-0.1, -0.05) is 30.3 Å². The molecule has 4 N–H and O–H groups in total.